The van der Waals surface area contributed by atoms with Crippen LogP contribution in [0.25, 0.3) is 0 Å². The Morgan fingerprint density at radius 3 is 2.59 bits per heavy atom. The van der Waals surface area contributed by atoms with E-state index in [1.54, 1.807) is 0 Å². The number of ether oxygens (including phenoxy) is 1. The molecule has 3 aromatic rings. The number of amides is 1. The second kappa shape index (κ2) is 12.6. The molecule has 5 rings (SSSR count). The van der Waals surface area contributed by atoms with Gasteiger partial charge in [-0.3, -0.25) is 4.79 Å². The van der Waals surface area contributed by atoms with Crippen LogP contribution in [0.3, 0.4) is 0 Å². The molecule has 0 spiro atoms. The minimum absolute atomic E-state index is 0.117. The quantitative estimate of drug-likeness (QED) is 0.203. The fourth-order valence-corrected chi connectivity index (χ4v) is 5.89. The van der Waals surface area contributed by atoms with Crippen molar-refractivity contribution >= 4 is 11.7 Å². The fourth-order valence-electron chi connectivity index (χ4n) is 5.89. The van der Waals surface area contributed by atoms with Gasteiger partial charge in [0.2, 0.25) is 0 Å². The van der Waals surface area contributed by atoms with Crippen molar-refractivity contribution in [1.82, 2.24) is 15.8 Å². The Bertz CT molecular complexity index is 1260. The van der Waals surface area contributed by atoms with Crippen LogP contribution in [-0.2, 0) is 6.42 Å². The van der Waals surface area contributed by atoms with Crippen molar-refractivity contribution in [3.05, 3.63) is 88.6 Å². The summed E-state index contributed by atoms with van der Waals surface area (Å²) in [7, 11) is 0. The molecule has 39 heavy (non-hydrogen) atoms. The predicted octanol–water partition coefficient (Wildman–Crippen LogP) is 5.94. The number of pyridine rings is 1. The standard InChI is InChI=1S/C32H40N4O3/c1-21-11-13-25(14-12-21)34-32(37)28-20-27-29(35-31(28)33-15-16-39-26-9-4-3-5-10-26)18-24(19-30(27)36-38)23-8-6-7-22(2)17-23/h3-10,17,20-21,24-25,30,36,38H,11-16,18-19H2,1-2H3,(H,33,35)(H,34,37). The van der Waals surface area contributed by atoms with Crippen LogP contribution in [-0.4, -0.2) is 35.3 Å². The van der Waals surface area contributed by atoms with Crippen LogP contribution in [0.1, 0.15) is 83.7 Å². The van der Waals surface area contributed by atoms with Crippen molar-refractivity contribution in [1.29, 1.82) is 0 Å². The van der Waals surface area contributed by atoms with Gasteiger partial charge in [0, 0.05) is 11.7 Å². The molecule has 1 heterocycles. The van der Waals surface area contributed by atoms with Gasteiger partial charge in [0.1, 0.15) is 18.2 Å². The van der Waals surface area contributed by atoms with Crippen molar-refractivity contribution in [2.45, 2.75) is 70.4 Å². The van der Waals surface area contributed by atoms with Crippen LogP contribution in [0, 0.1) is 12.8 Å². The number of carbonyl (C=O) groups excluding carboxylic acids is 1. The topological polar surface area (TPSA) is 95.5 Å². The van der Waals surface area contributed by atoms with Gasteiger partial charge in [-0.15, -0.1) is 0 Å². The Labute approximate surface area is 231 Å². The molecule has 1 fully saturated rings. The number of aryl methyl sites for hydroxylation is 1. The maximum atomic E-state index is 13.6. The molecular weight excluding hydrogens is 488 g/mol. The van der Waals surface area contributed by atoms with Crippen LogP contribution in [0.5, 0.6) is 5.75 Å². The zero-order valence-electron chi connectivity index (χ0n) is 23.0. The van der Waals surface area contributed by atoms with Gasteiger partial charge < -0.3 is 20.6 Å². The summed E-state index contributed by atoms with van der Waals surface area (Å²) in [6.07, 6.45) is 5.73. The highest BCUT2D eigenvalue weighted by molar-refractivity contribution is 5.99. The number of nitrogens with zero attached hydrogens (tertiary/aromatic N) is 1. The summed E-state index contributed by atoms with van der Waals surface area (Å²) in [4.78, 5) is 18.6. The first kappa shape index (κ1) is 27.2. The summed E-state index contributed by atoms with van der Waals surface area (Å²) in [6.45, 7) is 5.32. The first-order valence-corrected chi connectivity index (χ1v) is 14.2. The first-order valence-electron chi connectivity index (χ1n) is 14.2. The van der Waals surface area contributed by atoms with E-state index < -0.39 is 0 Å². The van der Waals surface area contributed by atoms with E-state index in [1.165, 1.54) is 11.1 Å². The number of nitrogens with one attached hydrogen (secondary N) is 3. The number of hydrogen-bond acceptors (Lipinski definition) is 6. The van der Waals surface area contributed by atoms with Gasteiger partial charge in [-0.1, -0.05) is 55.0 Å². The van der Waals surface area contributed by atoms with E-state index in [0.29, 0.717) is 30.5 Å². The van der Waals surface area contributed by atoms with E-state index in [2.05, 4.69) is 54.2 Å². The molecule has 1 saturated carbocycles. The Kier molecular flexibility index (Phi) is 8.79. The Morgan fingerprint density at radius 1 is 1.05 bits per heavy atom. The summed E-state index contributed by atoms with van der Waals surface area (Å²) in [6, 6.07) is 20.0. The van der Waals surface area contributed by atoms with Gasteiger partial charge in [0.05, 0.1) is 18.2 Å². The molecule has 2 aromatic carbocycles. The molecule has 2 aliphatic carbocycles. The lowest BCUT2D eigenvalue weighted by atomic mass is 9.79. The van der Waals surface area contributed by atoms with E-state index in [9.17, 15) is 10.0 Å². The zero-order chi connectivity index (χ0) is 27.2. The number of hydroxylamine groups is 1. The summed E-state index contributed by atoms with van der Waals surface area (Å²) < 4.78 is 5.86. The number of hydrogen-bond donors (Lipinski definition) is 4. The monoisotopic (exact) mass is 528 g/mol. The van der Waals surface area contributed by atoms with Crippen LogP contribution < -0.4 is 20.9 Å². The first-order chi connectivity index (χ1) is 19.0. The third kappa shape index (κ3) is 6.78. The Morgan fingerprint density at radius 2 is 1.85 bits per heavy atom. The summed E-state index contributed by atoms with van der Waals surface area (Å²) in [5.41, 5.74) is 7.25. The average molecular weight is 529 g/mol. The second-order valence-electron chi connectivity index (χ2n) is 11.2. The van der Waals surface area contributed by atoms with Gasteiger partial charge in [0.25, 0.3) is 5.91 Å². The number of anilines is 1. The zero-order valence-corrected chi connectivity index (χ0v) is 23.0. The molecule has 1 amide bonds. The predicted molar refractivity (Wildman–Crippen MR) is 153 cm³/mol. The molecule has 206 valence electrons. The van der Waals surface area contributed by atoms with Crippen molar-refractivity contribution in [2.24, 2.45) is 5.92 Å². The number of fused-ring (bicyclic) bond motifs is 1. The van der Waals surface area contributed by atoms with Crippen molar-refractivity contribution in [3.8, 4) is 5.75 Å². The average Bonchev–Trinajstić information content (AvgIpc) is 2.96. The van der Waals surface area contributed by atoms with Gasteiger partial charge >= 0.3 is 0 Å². The molecule has 0 radical (unpaired) electrons. The minimum atomic E-state index is -0.302. The minimum Gasteiger partial charge on any atom is -0.492 e. The smallest absolute Gasteiger partial charge is 0.255 e. The highest BCUT2D eigenvalue weighted by atomic mass is 16.5. The number of benzene rings is 2. The fraction of sp³-hybridized carbons (Fsp3) is 0.438. The van der Waals surface area contributed by atoms with Crippen LogP contribution in [0.2, 0.25) is 0 Å². The summed E-state index contributed by atoms with van der Waals surface area (Å²) in [5.74, 6) is 2.18. The van der Waals surface area contributed by atoms with Gasteiger partial charge in [-0.05, 0) is 86.6 Å². The molecule has 2 unspecified atom stereocenters. The van der Waals surface area contributed by atoms with Crippen LogP contribution >= 0.6 is 0 Å². The summed E-state index contributed by atoms with van der Waals surface area (Å²) in [5, 5.41) is 16.7. The third-order valence-corrected chi connectivity index (χ3v) is 8.14. The molecule has 0 saturated heterocycles. The lowest BCUT2D eigenvalue weighted by Crippen LogP contribution is -2.38. The highest BCUT2D eigenvalue weighted by Gasteiger charge is 2.31. The number of rotatable bonds is 9. The van der Waals surface area contributed by atoms with Crippen LogP contribution in [0.15, 0.2) is 60.7 Å². The molecule has 4 N–H and O–H groups in total. The van der Waals surface area contributed by atoms with Crippen molar-refractivity contribution in [2.75, 3.05) is 18.5 Å². The normalized spacial score (nSPS) is 22.5. The molecule has 1 aromatic heterocycles. The van der Waals surface area contributed by atoms with Gasteiger partial charge in [-0.2, -0.15) is 5.48 Å². The SMILES string of the molecule is Cc1cccc(C2Cc3nc(NCCOc4ccccc4)c(C(=O)NC4CCC(C)CC4)cc3C(NO)C2)c1. The van der Waals surface area contributed by atoms with E-state index in [-0.39, 0.29) is 23.9 Å². The van der Waals surface area contributed by atoms with Crippen molar-refractivity contribution < 1.29 is 14.7 Å². The molecular formula is C32H40N4O3. The van der Waals surface area contributed by atoms with E-state index >= 15 is 0 Å². The van der Waals surface area contributed by atoms with Crippen LogP contribution in [0.4, 0.5) is 5.82 Å². The largest absolute Gasteiger partial charge is 0.492 e. The van der Waals surface area contributed by atoms with Crippen molar-refractivity contribution in [3.63, 3.8) is 0 Å². The van der Waals surface area contributed by atoms with E-state index in [4.69, 9.17) is 9.72 Å². The maximum absolute atomic E-state index is 13.6. The molecule has 7 nitrogen and oxygen atoms in total. The Balaban J connectivity index is 1.39. The molecule has 2 aliphatic rings. The Hall–Kier alpha value is -3.42. The second-order valence-corrected chi connectivity index (χ2v) is 11.2. The number of carbonyl (C=O) groups is 1. The molecule has 0 aliphatic heterocycles. The molecule has 7 heteroatoms. The highest BCUT2D eigenvalue weighted by Crippen LogP contribution is 2.39. The van der Waals surface area contributed by atoms with E-state index in [1.807, 2.05) is 36.4 Å². The summed E-state index contributed by atoms with van der Waals surface area (Å²) >= 11 is 0. The molecule has 2 atom stereocenters. The molecule has 0 bridgehead atoms. The lowest BCUT2D eigenvalue weighted by molar-refractivity contribution is 0.0921. The van der Waals surface area contributed by atoms with E-state index in [0.717, 1.165) is 55.5 Å². The van der Waals surface area contributed by atoms with Gasteiger partial charge in [0.15, 0.2) is 0 Å². The van der Waals surface area contributed by atoms with Gasteiger partial charge in [-0.25, -0.2) is 4.98 Å². The number of para-hydroxylation sites is 1. The maximum Gasteiger partial charge on any atom is 0.255 e. The third-order valence-electron chi connectivity index (χ3n) is 8.14. The number of aromatic nitrogens is 1. The lowest BCUT2D eigenvalue weighted by Gasteiger charge is -2.32.